The highest BCUT2D eigenvalue weighted by Crippen LogP contribution is 2.25. The quantitative estimate of drug-likeness (QED) is 0.211. The Morgan fingerprint density at radius 1 is 0.657 bits per heavy atom. The molecule has 35 heavy (non-hydrogen) atoms. The average Bonchev–Trinajstić information content (AvgIpc) is 2.85. The van der Waals surface area contributed by atoms with Gasteiger partial charge in [-0.05, 0) is 36.5 Å². The van der Waals surface area contributed by atoms with Gasteiger partial charge in [-0.25, -0.2) is 0 Å². The zero-order chi connectivity index (χ0) is 25.7. The number of aliphatic hydroxyl groups excluding tert-OH is 8. The van der Waals surface area contributed by atoms with Crippen LogP contribution >= 0.6 is 0 Å². The summed E-state index contributed by atoms with van der Waals surface area (Å²) in [4.78, 5) is 0. The molecule has 2 saturated heterocycles. The minimum Gasteiger partial charge on any atom is -0.394 e. The molecule has 2 heterocycles. The van der Waals surface area contributed by atoms with E-state index in [4.69, 9.17) is 9.47 Å². The summed E-state index contributed by atoms with van der Waals surface area (Å²) < 4.78 is 11.0. The summed E-state index contributed by atoms with van der Waals surface area (Å²) in [6.07, 6.45) is -3.60. The van der Waals surface area contributed by atoms with Gasteiger partial charge in [-0.15, -0.1) is 0 Å². The normalized spacial score (nSPS) is 38.4. The lowest BCUT2D eigenvalue weighted by Crippen LogP contribution is -2.58. The van der Waals surface area contributed by atoms with E-state index in [1.165, 1.54) is 0 Å². The van der Waals surface area contributed by atoms with Crippen molar-refractivity contribution >= 4 is 12.2 Å². The first-order valence-corrected chi connectivity index (χ1v) is 11.7. The summed E-state index contributed by atoms with van der Waals surface area (Å²) in [7, 11) is 0. The predicted octanol–water partition coefficient (Wildman–Crippen LogP) is -1.51. The van der Waals surface area contributed by atoms with Gasteiger partial charge in [-0.2, -0.15) is 0 Å². The highest BCUT2D eigenvalue weighted by atomic mass is 16.5. The lowest BCUT2D eigenvalue weighted by molar-refractivity contribution is -0.227. The van der Waals surface area contributed by atoms with Gasteiger partial charge in [0.05, 0.1) is 25.4 Å². The van der Waals surface area contributed by atoms with E-state index < -0.39 is 74.3 Å². The van der Waals surface area contributed by atoms with Crippen molar-refractivity contribution in [1.82, 2.24) is 0 Å². The Morgan fingerprint density at radius 3 is 1.57 bits per heavy atom. The Labute approximate surface area is 204 Å². The zero-order valence-corrected chi connectivity index (χ0v) is 19.5. The SMILES string of the molecule is Cc1cc(/C=C/C[C@H]2O[C@H](CO)[C@@H](O)[C@H](O)[C@H]2O)ccc1/C=C/C[C@H]1O[C@H](CO)[C@@H](O)[C@H](O)[C@@H]1O. The third-order valence-corrected chi connectivity index (χ3v) is 6.62. The highest BCUT2D eigenvalue weighted by molar-refractivity contribution is 5.59. The molecule has 196 valence electrons. The minimum absolute atomic E-state index is 0.279. The van der Waals surface area contributed by atoms with Crippen molar-refractivity contribution in [3.8, 4) is 0 Å². The van der Waals surface area contributed by atoms with Crippen molar-refractivity contribution in [2.75, 3.05) is 13.2 Å². The molecule has 10 nitrogen and oxygen atoms in total. The number of aryl methyl sites for hydroxylation is 1. The van der Waals surface area contributed by atoms with Gasteiger partial charge < -0.3 is 50.3 Å². The summed E-state index contributed by atoms with van der Waals surface area (Å²) >= 11 is 0. The first-order valence-electron chi connectivity index (χ1n) is 11.7. The van der Waals surface area contributed by atoms with Gasteiger partial charge in [0.15, 0.2) is 0 Å². The number of rotatable bonds is 8. The third kappa shape index (κ3) is 6.55. The molecule has 8 N–H and O–H groups in total. The molecular weight excluding hydrogens is 460 g/mol. The fraction of sp³-hybridized carbons (Fsp3) is 0.600. The smallest absolute Gasteiger partial charge is 0.111 e. The number of aliphatic hydroxyl groups is 8. The molecular formula is C25H36O10. The second-order valence-electron chi connectivity index (χ2n) is 9.13. The first-order chi connectivity index (χ1) is 16.7. The van der Waals surface area contributed by atoms with Crippen LogP contribution in [-0.2, 0) is 9.47 Å². The van der Waals surface area contributed by atoms with E-state index in [9.17, 15) is 40.9 Å². The summed E-state index contributed by atoms with van der Waals surface area (Å²) in [5, 5.41) is 78.4. The summed E-state index contributed by atoms with van der Waals surface area (Å²) in [6.45, 7) is 1.01. The molecule has 0 saturated carbocycles. The maximum atomic E-state index is 10.1. The third-order valence-electron chi connectivity index (χ3n) is 6.62. The molecule has 0 spiro atoms. The molecule has 0 unspecified atom stereocenters. The standard InChI is InChI=1S/C25H36O10/c1-13-10-14(4-2-6-16-20(28)24(32)22(30)18(11-26)34-16)8-9-15(13)5-3-7-17-21(29)25(33)23(31)19(12-27)35-17/h2-5,8-10,16-33H,6-7,11-12H2,1H3/b4-2+,5-3+/t16-,17-,18-,19-,20+,21-,22-,23-,24-,25-/m1/s1. The number of hydrogen-bond donors (Lipinski definition) is 8. The Hall–Kier alpha value is -1.70. The van der Waals surface area contributed by atoms with Gasteiger partial charge in [0.2, 0.25) is 0 Å². The highest BCUT2D eigenvalue weighted by Gasteiger charge is 2.43. The monoisotopic (exact) mass is 496 g/mol. The van der Waals surface area contributed by atoms with Gasteiger partial charge in [-0.1, -0.05) is 42.5 Å². The molecule has 10 atom stereocenters. The summed E-state index contributed by atoms with van der Waals surface area (Å²) in [6, 6.07) is 5.76. The molecule has 0 radical (unpaired) electrons. The van der Waals surface area contributed by atoms with E-state index >= 15 is 0 Å². The molecule has 0 amide bonds. The summed E-state index contributed by atoms with van der Waals surface area (Å²) in [5.41, 5.74) is 2.81. The molecule has 1 aromatic rings. The molecule has 2 aliphatic heterocycles. The van der Waals surface area contributed by atoms with Crippen LogP contribution in [0.1, 0.15) is 29.5 Å². The van der Waals surface area contributed by atoms with E-state index in [1.807, 2.05) is 37.3 Å². The fourth-order valence-corrected chi connectivity index (χ4v) is 4.40. The second-order valence-corrected chi connectivity index (χ2v) is 9.13. The van der Waals surface area contributed by atoms with E-state index in [0.717, 1.165) is 16.7 Å². The maximum absolute atomic E-state index is 10.1. The first kappa shape index (κ1) is 27.9. The molecule has 1 aromatic carbocycles. The van der Waals surface area contributed by atoms with Crippen LogP contribution in [0.15, 0.2) is 30.4 Å². The van der Waals surface area contributed by atoms with Gasteiger partial charge in [0.25, 0.3) is 0 Å². The average molecular weight is 497 g/mol. The Kier molecular flexibility index (Phi) is 9.96. The number of benzene rings is 1. The molecule has 3 rings (SSSR count). The number of ether oxygens (including phenoxy) is 2. The van der Waals surface area contributed by atoms with Crippen molar-refractivity contribution in [3.05, 3.63) is 47.0 Å². The van der Waals surface area contributed by atoms with Crippen molar-refractivity contribution in [2.24, 2.45) is 0 Å². The molecule has 2 aliphatic rings. The van der Waals surface area contributed by atoms with Crippen molar-refractivity contribution in [3.63, 3.8) is 0 Å². The predicted molar refractivity (Wildman–Crippen MR) is 126 cm³/mol. The van der Waals surface area contributed by atoms with E-state index in [-0.39, 0.29) is 12.8 Å². The van der Waals surface area contributed by atoms with Crippen LogP contribution in [0, 0.1) is 6.92 Å². The van der Waals surface area contributed by atoms with Crippen LogP contribution < -0.4 is 0 Å². The van der Waals surface area contributed by atoms with Crippen LogP contribution in [0.5, 0.6) is 0 Å². The largest absolute Gasteiger partial charge is 0.394 e. The maximum Gasteiger partial charge on any atom is 0.111 e. The molecule has 2 fully saturated rings. The Morgan fingerprint density at radius 2 is 1.11 bits per heavy atom. The van der Waals surface area contributed by atoms with Gasteiger partial charge in [-0.3, -0.25) is 0 Å². The van der Waals surface area contributed by atoms with Crippen LogP contribution in [-0.4, -0.2) is 115 Å². The zero-order valence-electron chi connectivity index (χ0n) is 19.5. The summed E-state index contributed by atoms with van der Waals surface area (Å²) in [5.74, 6) is 0. The molecule has 0 aromatic heterocycles. The minimum atomic E-state index is -1.39. The second kappa shape index (κ2) is 12.5. The van der Waals surface area contributed by atoms with Crippen LogP contribution in [0.2, 0.25) is 0 Å². The van der Waals surface area contributed by atoms with Gasteiger partial charge in [0.1, 0.15) is 48.8 Å². The van der Waals surface area contributed by atoms with Crippen molar-refractivity contribution in [2.45, 2.75) is 80.8 Å². The Balaban J connectivity index is 1.57. The fourth-order valence-electron chi connectivity index (χ4n) is 4.40. The lowest BCUT2D eigenvalue weighted by atomic mass is 9.93. The van der Waals surface area contributed by atoms with E-state index in [1.54, 1.807) is 12.2 Å². The molecule has 10 heteroatoms. The Bertz CT molecular complexity index is 870. The molecule has 0 bridgehead atoms. The van der Waals surface area contributed by atoms with Crippen LogP contribution in [0.3, 0.4) is 0 Å². The van der Waals surface area contributed by atoms with Crippen LogP contribution in [0.25, 0.3) is 12.2 Å². The van der Waals surface area contributed by atoms with E-state index in [0.29, 0.717) is 0 Å². The van der Waals surface area contributed by atoms with Gasteiger partial charge >= 0.3 is 0 Å². The van der Waals surface area contributed by atoms with Crippen LogP contribution in [0.4, 0.5) is 0 Å². The van der Waals surface area contributed by atoms with Crippen molar-refractivity contribution in [1.29, 1.82) is 0 Å². The number of hydrogen-bond acceptors (Lipinski definition) is 10. The topological polar surface area (TPSA) is 180 Å². The lowest BCUT2D eigenvalue weighted by Gasteiger charge is -2.39. The van der Waals surface area contributed by atoms with Gasteiger partial charge in [0, 0.05) is 0 Å². The van der Waals surface area contributed by atoms with E-state index in [2.05, 4.69) is 0 Å². The molecule has 0 aliphatic carbocycles. The van der Waals surface area contributed by atoms with Crippen molar-refractivity contribution < 1.29 is 50.3 Å².